The molecule has 2 saturated carbocycles. The largest absolute Gasteiger partial charge is 0.393 e. The lowest BCUT2D eigenvalue weighted by Crippen LogP contribution is -2.44. The molecular weight excluding hydrogens is 232 g/mol. The first kappa shape index (κ1) is 15.4. The summed E-state index contributed by atoms with van der Waals surface area (Å²) in [5.74, 6) is 3.78. The van der Waals surface area contributed by atoms with Crippen molar-refractivity contribution in [3.05, 3.63) is 0 Å². The monoisotopic (exact) mass is 266 g/mol. The maximum absolute atomic E-state index is 10.5. The lowest BCUT2D eigenvalue weighted by atomic mass is 9.57. The molecule has 5 atom stereocenters. The van der Waals surface area contributed by atoms with Crippen LogP contribution < -0.4 is 0 Å². The van der Waals surface area contributed by atoms with Gasteiger partial charge in [-0.3, -0.25) is 0 Å². The minimum atomic E-state index is -0.0636. The zero-order valence-electron chi connectivity index (χ0n) is 13.7. The number of aliphatic hydroxyl groups excluding tert-OH is 1. The van der Waals surface area contributed by atoms with E-state index in [1.54, 1.807) is 0 Å². The van der Waals surface area contributed by atoms with Crippen LogP contribution in [0.5, 0.6) is 0 Å². The Morgan fingerprint density at radius 3 is 1.89 bits per heavy atom. The summed E-state index contributed by atoms with van der Waals surface area (Å²) in [5.41, 5.74) is 0.308. The highest BCUT2D eigenvalue weighted by atomic mass is 16.3. The lowest BCUT2D eigenvalue weighted by molar-refractivity contribution is -0.0544. The Hall–Kier alpha value is -0.0400. The third kappa shape index (κ3) is 3.35. The first-order chi connectivity index (χ1) is 8.80. The van der Waals surface area contributed by atoms with Crippen molar-refractivity contribution >= 4 is 0 Å². The standard InChI is InChI=1S/C18H34O/c1-12-6-7-16(17(19)11-12)18(4,5)15-9-13(2)8-14(3)10-15/h12-17,19H,6-11H2,1-5H3. The van der Waals surface area contributed by atoms with Crippen molar-refractivity contribution in [2.45, 2.75) is 79.2 Å². The minimum absolute atomic E-state index is 0.0636. The van der Waals surface area contributed by atoms with Crippen LogP contribution in [0.3, 0.4) is 0 Å². The summed E-state index contributed by atoms with van der Waals surface area (Å²) in [6, 6.07) is 0. The third-order valence-corrected chi connectivity index (χ3v) is 6.27. The van der Waals surface area contributed by atoms with Crippen LogP contribution in [0.1, 0.15) is 73.1 Å². The molecule has 0 heterocycles. The van der Waals surface area contributed by atoms with Gasteiger partial charge in [-0.05, 0) is 67.1 Å². The Morgan fingerprint density at radius 2 is 1.37 bits per heavy atom. The maximum atomic E-state index is 10.5. The van der Waals surface area contributed by atoms with E-state index >= 15 is 0 Å². The molecule has 0 aromatic heterocycles. The molecule has 0 aliphatic heterocycles. The summed E-state index contributed by atoms with van der Waals surface area (Å²) in [6.45, 7) is 12.0. The van der Waals surface area contributed by atoms with Gasteiger partial charge in [-0.2, -0.15) is 0 Å². The van der Waals surface area contributed by atoms with E-state index < -0.39 is 0 Å². The van der Waals surface area contributed by atoms with Crippen molar-refractivity contribution in [1.29, 1.82) is 0 Å². The van der Waals surface area contributed by atoms with E-state index in [0.717, 1.165) is 24.2 Å². The van der Waals surface area contributed by atoms with Gasteiger partial charge in [-0.1, -0.05) is 41.0 Å². The fraction of sp³-hybridized carbons (Fsp3) is 1.00. The molecule has 2 rings (SSSR count). The minimum Gasteiger partial charge on any atom is -0.393 e. The molecule has 1 N–H and O–H groups in total. The van der Waals surface area contributed by atoms with Gasteiger partial charge in [-0.25, -0.2) is 0 Å². The zero-order valence-corrected chi connectivity index (χ0v) is 13.7. The fourth-order valence-electron chi connectivity index (χ4n) is 5.08. The van der Waals surface area contributed by atoms with Gasteiger partial charge in [0.2, 0.25) is 0 Å². The molecule has 2 aliphatic carbocycles. The first-order valence-electron chi connectivity index (χ1n) is 8.48. The van der Waals surface area contributed by atoms with Crippen LogP contribution in [-0.2, 0) is 0 Å². The van der Waals surface area contributed by atoms with Crippen LogP contribution >= 0.6 is 0 Å². The van der Waals surface area contributed by atoms with Gasteiger partial charge in [0.1, 0.15) is 0 Å². The average Bonchev–Trinajstić information content (AvgIpc) is 2.26. The number of hydrogen-bond donors (Lipinski definition) is 1. The van der Waals surface area contributed by atoms with Crippen molar-refractivity contribution in [3.63, 3.8) is 0 Å². The maximum Gasteiger partial charge on any atom is 0.0576 e. The average molecular weight is 266 g/mol. The van der Waals surface area contributed by atoms with Gasteiger partial charge in [0.25, 0.3) is 0 Å². The highest BCUT2D eigenvalue weighted by Gasteiger charge is 2.44. The van der Waals surface area contributed by atoms with Gasteiger partial charge >= 0.3 is 0 Å². The Morgan fingerprint density at radius 1 is 0.789 bits per heavy atom. The molecule has 0 aromatic rings. The molecule has 1 nitrogen and oxygen atoms in total. The zero-order chi connectivity index (χ0) is 14.2. The molecule has 0 aromatic carbocycles. The molecule has 2 fully saturated rings. The summed E-state index contributed by atoms with van der Waals surface area (Å²) in [5, 5.41) is 10.5. The van der Waals surface area contributed by atoms with Crippen molar-refractivity contribution in [2.24, 2.45) is 35.0 Å². The molecule has 0 saturated heterocycles. The quantitative estimate of drug-likeness (QED) is 0.755. The predicted octanol–water partition coefficient (Wildman–Crippen LogP) is 4.88. The molecule has 0 amide bonds. The van der Waals surface area contributed by atoms with E-state index in [4.69, 9.17) is 0 Å². The van der Waals surface area contributed by atoms with Crippen LogP contribution in [0, 0.1) is 35.0 Å². The summed E-state index contributed by atoms with van der Waals surface area (Å²) < 4.78 is 0. The lowest BCUT2D eigenvalue weighted by Gasteiger charge is -2.49. The van der Waals surface area contributed by atoms with Crippen LogP contribution in [0.4, 0.5) is 0 Å². The van der Waals surface area contributed by atoms with E-state index in [2.05, 4.69) is 34.6 Å². The van der Waals surface area contributed by atoms with Gasteiger partial charge < -0.3 is 5.11 Å². The van der Waals surface area contributed by atoms with Crippen LogP contribution in [0.25, 0.3) is 0 Å². The van der Waals surface area contributed by atoms with Gasteiger partial charge in [0, 0.05) is 0 Å². The van der Waals surface area contributed by atoms with Gasteiger partial charge in [0.05, 0.1) is 6.10 Å². The van der Waals surface area contributed by atoms with Crippen LogP contribution in [0.15, 0.2) is 0 Å². The SMILES string of the molecule is CC1CCC(C(C)(C)C2CC(C)CC(C)C2)C(O)C1. The smallest absolute Gasteiger partial charge is 0.0576 e. The molecule has 2 aliphatic rings. The molecule has 0 bridgehead atoms. The summed E-state index contributed by atoms with van der Waals surface area (Å²) in [4.78, 5) is 0. The molecule has 5 unspecified atom stereocenters. The van der Waals surface area contributed by atoms with E-state index in [-0.39, 0.29) is 6.10 Å². The second-order valence-corrected chi connectivity index (χ2v) is 8.53. The Kier molecular flexibility index (Phi) is 4.65. The van der Waals surface area contributed by atoms with Gasteiger partial charge in [-0.15, -0.1) is 0 Å². The highest BCUT2D eigenvalue weighted by Crippen LogP contribution is 2.50. The second kappa shape index (κ2) is 5.76. The van der Waals surface area contributed by atoms with Gasteiger partial charge in [0.15, 0.2) is 0 Å². The van der Waals surface area contributed by atoms with Crippen molar-refractivity contribution in [1.82, 2.24) is 0 Å². The highest BCUT2D eigenvalue weighted by molar-refractivity contribution is 4.94. The molecule has 1 heteroatoms. The molecular formula is C18H34O. The molecule has 19 heavy (non-hydrogen) atoms. The van der Waals surface area contributed by atoms with E-state index in [0.29, 0.717) is 17.3 Å². The van der Waals surface area contributed by atoms with Crippen LogP contribution in [0.2, 0.25) is 0 Å². The second-order valence-electron chi connectivity index (χ2n) is 8.53. The molecule has 0 spiro atoms. The van der Waals surface area contributed by atoms with E-state index in [1.165, 1.54) is 32.1 Å². The normalized spacial score (nSPS) is 45.2. The van der Waals surface area contributed by atoms with Crippen molar-refractivity contribution in [3.8, 4) is 0 Å². The number of aliphatic hydroxyl groups is 1. The summed E-state index contributed by atoms with van der Waals surface area (Å²) in [7, 11) is 0. The van der Waals surface area contributed by atoms with E-state index in [1.807, 2.05) is 0 Å². The molecule has 112 valence electrons. The van der Waals surface area contributed by atoms with Crippen LogP contribution in [-0.4, -0.2) is 11.2 Å². The predicted molar refractivity (Wildman–Crippen MR) is 82.0 cm³/mol. The Bertz CT molecular complexity index is 286. The third-order valence-electron chi connectivity index (χ3n) is 6.27. The first-order valence-corrected chi connectivity index (χ1v) is 8.48. The molecule has 0 radical (unpaired) electrons. The van der Waals surface area contributed by atoms with Crippen molar-refractivity contribution < 1.29 is 5.11 Å². The number of hydrogen-bond acceptors (Lipinski definition) is 1. The Labute approximate surface area is 120 Å². The van der Waals surface area contributed by atoms with E-state index in [9.17, 15) is 5.11 Å². The summed E-state index contributed by atoms with van der Waals surface area (Å²) >= 11 is 0. The number of rotatable bonds is 2. The Balaban J connectivity index is 2.08. The fourth-order valence-corrected chi connectivity index (χ4v) is 5.08. The van der Waals surface area contributed by atoms with Crippen molar-refractivity contribution in [2.75, 3.05) is 0 Å². The topological polar surface area (TPSA) is 20.2 Å². The summed E-state index contributed by atoms with van der Waals surface area (Å²) in [6.07, 6.45) is 7.64.